The minimum atomic E-state index is -0.365. The van der Waals surface area contributed by atoms with Crippen LogP contribution < -0.4 is 9.64 Å². The lowest BCUT2D eigenvalue weighted by Crippen LogP contribution is -2.37. The molecule has 1 aromatic heterocycles. The molecule has 0 N–H and O–H groups in total. The quantitative estimate of drug-likeness (QED) is 0.503. The number of rotatable bonds is 0. The normalized spacial score (nSPS) is 28.4. The van der Waals surface area contributed by atoms with Crippen molar-refractivity contribution in [2.75, 3.05) is 0 Å². The maximum Gasteiger partial charge on any atom is 0.249 e. The third-order valence-corrected chi connectivity index (χ3v) is 3.37. The van der Waals surface area contributed by atoms with Crippen LogP contribution in [0.2, 0.25) is 0 Å². The summed E-state index contributed by atoms with van der Waals surface area (Å²) in [5, 5.41) is 15.0. The van der Waals surface area contributed by atoms with Gasteiger partial charge >= 0.3 is 0 Å². The Morgan fingerprint density at radius 2 is 2.24 bits per heavy atom. The van der Waals surface area contributed by atoms with Crippen molar-refractivity contribution in [1.82, 2.24) is 5.16 Å². The van der Waals surface area contributed by atoms with E-state index in [4.69, 9.17) is 9.47 Å². The van der Waals surface area contributed by atoms with Gasteiger partial charge in [0.15, 0.2) is 0 Å². The number of fused-ring (bicyclic) bond motifs is 4. The van der Waals surface area contributed by atoms with Crippen LogP contribution in [0.5, 0.6) is 5.75 Å². The summed E-state index contributed by atoms with van der Waals surface area (Å²) in [5.74, 6) is 0.675. The van der Waals surface area contributed by atoms with Crippen molar-refractivity contribution < 1.29 is 19.0 Å². The summed E-state index contributed by atoms with van der Waals surface area (Å²) in [6.45, 7) is 3.95. The van der Waals surface area contributed by atoms with Crippen LogP contribution in [-0.4, -0.2) is 16.9 Å². The van der Waals surface area contributed by atoms with Crippen LogP contribution in [0, 0.1) is 5.21 Å². The Morgan fingerprint density at radius 1 is 1.41 bits per heavy atom. The molecular weight excluding hydrogens is 224 g/mol. The van der Waals surface area contributed by atoms with E-state index in [9.17, 15) is 5.21 Å². The Kier molecular flexibility index (Phi) is 1.38. The number of benzene rings is 1. The van der Waals surface area contributed by atoms with Crippen LogP contribution >= 0.6 is 0 Å². The van der Waals surface area contributed by atoms with Gasteiger partial charge in [0.2, 0.25) is 11.0 Å². The van der Waals surface area contributed by atoms with Gasteiger partial charge in [-0.2, -0.15) is 0 Å². The Balaban J connectivity index is 1.97. The predicted molar refractivity (Wildman–Crippen MR) is 55.3 cm³/mol. The summed E-state index contributed by atoms with van der Waals surface area (Å²) in [4.78, 5) is 0.381. The molecule has 2 atom stereocenters. The lowest BCUT2D eigenvalue weighted by atomic mass is 9.94. The smallest absolute Gasteiger partial charge is 0.249 e. The Labute approximate surface area is 96.2 Å². The molecule has 2 aromatic rings. The molecule has 0 saturated carbocycles. The molecule has 4 rings (SSSR count). The first-order valence-corrected chi connectivity index (χ1v) is 5.44. The maximum atomic E-state index is 11.3. The minimum absolute atomic E-state index is 0.0509. The fourth-order valence-corrected chi connectivity index (χ4v) is 2.45. The zero-order valence-corrected chi connectivity index (χ0v) is 9.34. The van der Waals surface area contributed by atoms with E-state index in [1.165, 1.54) is 0 Å². The molecule has 6 nitrogen and oxygen atoms in total. The topological polar surface area (TPSA) is 74.7 Å². The molecule has 0 aliphatic carbocycles. The Hall–Kier alpha value is -1.82. The first-order valence-electron chi connectivity index (χ1n) is 5.44. The molecule has 1 fully saturated rings. The number of epoxide rings is 1. The molecule has 2 unspecified atom stereocenters. The molecule has 0 amide bonds. The van der Waals surface area contributed by atoms with Crippen molar-refractivity contribution in [2.45, 2.75) is 31.7 Å². The molecular formula is C11H10N2O4. The molecule has 1 aromatic carbocycles. The van der Waals surface area contributed by atoms with Crippen LogP contribution in [-0.2, 0) is 4.74 Å². The van der Waals surface area contributed by atoms with Crippen LogP contribution in [0.15, 0.2) is 16.8 Å². The summed E-state index contributed by atoms with van der Waals surface area (Å²) in [6, 6.07) is 3.45. The Morgan fingerprint density at radius 3 is 3.06 bits per heavy atom. The lowest BCUT2D eigenvalue weighted by Gasteiger charge is -2.29. The van der Waals surface area contributed by atoms with E-state index >= 15 is 0 Å². The second kappa shape index (κ2) is 2.53. The monoisotopic (exact) mass is 234 g/mol. The van der Waals surface area contributed by atoms with Crippen LogP contribution in [0.3, 0.4) is 0 Å². The maximum absolute atomic E-state index is 11.3. The van der Waals surface area contributed by atoms with E-state index in [1.807, 2.05) is 13.8 Å². The molecule has 0 radical (unpaired) electrons. The number of aromatic nitrogens is 2. The summed E-state index contributed by atoms with van der Waals surface area (Å²) in [7, 11) is 0. The second-order valence-corrected chi connectivity index (χ2v) is 4.99. The Bertz CT molecular complexity index is 634. The lowest BCUT2D eigenvalue weighted by molar-refractivity contribution is -0.782. The van der Waals surface area contributed by atoms with Gasteiger partial charge in [0, 0.05) is 22.9 Å². The van der Waals surface area contributed by atoms with Gasteiger partial charge in [-0.25, -0.2) is 0 Å². The van der Waals surface area contributed by atoms with E-state index < -0.39 is 0 Å². The number of hydrogen-bond acceptors (Lipinski definition) is 5. The van der Waals surface area contributed by atoms with E-state index in [1.54, 1.807) is 12.1 Å². The average molecular weight is 234 g/mol. The second-order valence-electron chi connectivity index (χ2n) is 4.99. The largest absolute Gasteiger partial charge is 0.484 e. The van der Waals surface area contributed by atoms with E-state index in [0.717, 1.165) is 5.56 Å². The molecule has 17 heavy (non-hydrogen) atoms. The van der Waals surface area contributed by atoms with Gasteiger partial charge in [-0.05, 0) is 18.8 Å². The number of ether oxygens (including phenoxy) is 2. The summed E-state index contributed by atoms with van der Waals surface area (Å²) in [6.07, 6.45) is 0.133. The molecule has 0 bridgehead atoms. The van der Waals surface area contributed by atoms with Crippen molar-refractivity contribution >= 4 is 11.0 Å². The summed E-state index contributed by atoms with van der Waals surface area (Å²) >= 11 is 0. The van der Waals surface area contributed by atoms with Crippen molar-refractivity contribution in [2.24, 2.45) is 0 Å². The van der Waals surface area contributed by atoms with E-state index in [0.29, 0.717) is 21.7 Å². The van der Waals surface area contributed by atoms with Crippen molar-refractivity contribution in [3.8, 4) is 5.75 Å². The van der Waals surface area contributed by atoms with Crippen LogP contribution in [0.25, 0.3) is 11.0 Å². The third kappa shape index (κ3) is 1.08. The predicted octanol–water partition coefficient (Wildman–Crippen LogP) is 1.07. The third-order valence-electron chi connectivity index (χ3n) is 3.37. The van der Waals surface area contributed by atoms with Crippen molar-refractivity contribution in [3.63, 3.8) is 0 Å². The van der Waals surface area contributed by atoms with Crippen molar-refractivity contribution in [1.29, 1.82) is 0 Å². The SMILES string of the molecule is CC1(C)Oc2cc3c(cc2C2OC21)no[n+]3[O-]. The number of hydrogen-bond donors (Lipinski definition) is 0. The molecule has 0 spiro atoms. The highest BCUT2D eigenvalue weighted by atomic mass is 16.8. The highest BCUT2D eigenvalue weighted by Gasteiger charge is 2.57. The first-order chi connectivity index (χ1) is 8.06. The van der Waals surface area contributed by atoms with Gasteiger partial charge in [-0.3, -0.25) is 4.63 Å². The van der Waals surface area contributed by atoms with E-state index in [-0.39, 0.29) is 17.8 Å². The van der Waals surface area contributed by atoms with E-state index in [2.05, 4.69) is 9.79 Å². The summed E-state index contributed by atoms with van der Waals surface area (Å²) < 4.78 is 16.0. The molecule has 6 heteroatoms. The van der Waals surface area contributed by atoms with Gasteiger partial charge in [0.25, 0.3) is 0 Å². The van der Waals surface area contributed by atoms with Gasteiger partial charge < -0.3 is 14.7 Å². The van der Waals surface area contributed by atoms with Crippen LogP contribution in [0.1, 0.15) is 25.5 Å². The molecule has 2 aliphatic rings. The molecule has 3 heterocycles. The first kappa shape index (κ1) is 9.23. The average Bonchev–Trinajstić information content (AvgIpc) is 3.00. The highest BCUT2D eigenvalue weighted by molar-refractivity contribution is 5.75. The van der Waals surface area contributed by atoms with Gasteiger partial charge in [0.1, 0.15) is 23.6 Å². The van der Waals surface area contributed by atoms with Crippen LogP contribution in [0.4, 0.5) is 0 Å². The van der Waals surface area contributed by atoms with Gasteiger partial charge in [0.05, 0.1) is 0 Å². The molecule has 2 aliphatic heterocycles. The van der Waals surface area contributed by atoms with Gasteiger partial charge in [-0.1, -0.05) is 0 Å². The molecule has 88 valence electrons. The minimum Gasteiger partial charge on any atom is -0.484 e. The standard InChI is InChI=1S/C11H10N2O4/c1-11(2)10-9(15-10)5-3-6-7(4-8(5)16-11)13(14)17-12-6/h3-4,9-10H,1-2H3. The summed E-state index contributed by atoms with van der Waals surface area (Å²) in [5.41, 5.74) is 1.47. The highest BCUT2D eigenvalue weighted by Crippen LogP contribution is 2.54. The fourth-order valence-electron chi connectivity index (χ4n) is 2.45. The molecule has 1 saturated heterocycles. The van der Waals surface area contributed by atoms with Gasteiger partial charge in [-0.15, -0.1) is 0 Å². The fraction of sp³-hybridized carbons (Fsp3) is 0.455. The zero-order chi connectivity index (χ0) is 11.8. The number of nitrogens with zero attached hydrogens (tertiary/aromatic N) is 2. The zero-order valence-electron chi connectivity index (χ0n) is 9.34. The van der Waals surface area contributed by atoms with Crippen molar-refractivity contribution in [3.05, 3.63) is 22.9 Å².